The molecule has 1 heterocycles. The van der Waals surface area contributed by atoms with E-state index >= 15 is 0 Å². The van der Waals surface area contributed by atoms with Crippen LogP contribution in [0.15, 0.2) is 24.3 Å². The molecule has 0 unspecified atom stereocenters. The van der Waals surface area contributed by atoms with Crippen molar-refractivity contribution in [2.75, 3.05) is 26.7 Å². The Morgan fingerprint density at radius 2 is 1.88 bits per heavy atom. The van der Waals surface area contributed by atoms with E-state index < -0.39 is 0 Å². The van der Waals surface area contributed by atoms with E-state index in [1.54, 1.807) is 0 Å². The van der Waals surface area contributed by atoms with Crippen molar-refractivity contribution in [1.29, 1.82) is 5.41 Å². The molecular formula is C14H25N3. The third-order valence-corrected chi connectivity index (χ3v) is 3.00. The molecule has 0 aromatic heterocycles. The van der Waals surface area contributed by atoms with Crippen molar-refractivity contribution >= 4 is 5.96 Å². The summed E-state index contributed by atoms with van der Waals surface area (Å²) in [5.41, 5.74) is 0. The lowest BCUT2D eigenvalue weighted by Gasteiger charge is -2.18. The first-order valence-corrected chi connectivity index (χ1v) is 6.62. The normalized spacial score (nSPS) is 16.9. The Morgan fingerprint density at radius 3 is 2.47 bits per heavy atom. The molecule has 3 nitrogen and oxygen atoms in total. The van der Waals surface area contributed by atoms with Crippen LogP contribution in [0, 0.1) is 5.41 Å². The highest BCUT2D eigenvalue weighted by atomic mass is 15.4. The zero-order chi connectivity index (χ0) is 12.5. The molecule has 96 valence electrons. The third-order valence-electron chi connectivity index (χ3n) is 3.00. The highest BCUT2D eigenvalue weighted by Crippen LogP contribution is 2.06. The summed E-state index contributed by atoms with van der Waals surface area (Å²) in [6, 6.07) is 0. The SMILES string of the molecule is CCC/C=C/C=C/CCCN1CCN(C)C1=N. The van der Waals surface area contributed by atoms with Crippen LogP contribution in [0.1, 0.15) is 32.6 Å². The van der Waals surface area contributed by atoms with Crippen molar-refractivity contribution in [3.05, 3.63) is 24.3 Å². The van der Waals surface area contributed by atoms with E-state index in [4.69, 9.17) is 5.41 Å². The molecule has 0 amide bonds. The fraction of sp³-hybridized carbons (Fsp3) is 0.643. The monoisotopic (exact) mass is 235 g/mol. The second kappa shape index (κ2) is 7.93. The van der Waals surface area contributed by atoms with Gasteiger partial charge in [0, 0.05) is 26.7 Å². The highest BCUT2D eigenvalue weighted by Gasteiger charge is 2.20. The number of hydrogen-bond donors (Lipinski definition) is 1. The molecule has 1 fully saturated rings. The maximum atomic E-state index is 7.83. The predicted octanol–water partition coefficient (Wildman–Crippen LogP) is 2.86. The predicted molar refractivity (Wildman–Crippen MR) is 74.4 cm³/mol. The Bertz CT molecular complexity index is 281. The number of allylic oxidation sites excluding steroid dienone is 4. The number of unbranched alkanes of at least 4 members (excludes halogenated alkanes) is 2. The molecule has 17 heavy (non-hydrogen) atoms. The average Bonchev–Trinajstić information content (AvgIpc) is 2.64. The van der Waals surface area contributed by atoms with Crippen LogP contribution >= 0.6 is 0 Å². The molecule has 1 rings (SSSR count). The summed E-state index contributed by atoms with van der Waals surface area (Å²) in [7, 11) is 1.99. The first-order valence-electron chi connectivity index (χ1n) is 6.62. The summed E-state index contributed by atoms with van der Waals surface area (Å²) >= 11 is 0. The summed E-state index contributed by atoms with van der Waals surface area (Å²) in [4.78, 5) is 4.16. The topological polar surface area (TPSA) is 30.3 Å². The van der Waals surface area contributed by atoms with Crippen LogP contribution < -0.4 is 0 Å². The van der Waals surface area contributed by atoms with Gasteiger partial charge < -0.3 is 9.80 Å². The first-order chi connectivity index (χ1) is 8.25. The van der Waals surface area contributed by atoms with Crippen LogP contribution in [-0.4, -0.2) is 42.4 Å². The Labute approximate surface area is 105 Å². The minimum atomic E-state index is 0.678. The Balaban J connectivity index is 2.06. The lowest BCUT2D eigenvalue weighted by molar-refractivity contribution is 0.450. The summed E-state index contributed by atoms with van der Waals surface area (Å²) in [6.07, 6.45) is 13.3. The standard InChI is InChI=1S/C14H25N3/c1-3-4-5-6-7-8-9-10-11-17-13-12-16(2)14(17)15/h5-8,15H,3-4,9-13H2,1-2H3/b6-5+,8-7+,15-14?. The van der Waals surface area contributed by atoms with Crippen molar-refractivity contribution in [1.82, 2.24) is 9.80 Å². The van der Waals surface area contributed by atoms with E-state index in [9.17, 15) is 0 Å². The Hall–Kier alpha value is -1.25. The molecule has 1 aliphatic rings. The minimum Gasteiger partial charge on any atom is -0.344 e. The number of nitrogens with zero attached hydrogens (tertiary/aromatic N) is 2. The fourth-order valence-electron chi connectivity index (χ4n) is 1.86. The van der Waals surface area contributed by atoms with Crippen LogP contribution in [0.3, 0.4) is 0 Å². The average molecular weight is 235 g/mol. The van der Waals surface area contributed by atoms with Gasteiger partial charge in [0.25, 0.3) is 0 Å². The van der Waals surface area contributed by atoms with Gasteiger partial charge in [-0.25, -0.2) is 0 Å². The lowest BCUT2D eigenvalue weighted by atomic mass is 10.2. The maximum absolute atomic E-state index is 7.83. The smallest absolute Gasteiger partial charge is 0.193 e. The van der Waals surface area contributed by atoms with Gasteiger partial charge in [0.1, 0.15) is 0 Å². The van der Waals surface area contributed by atoms with Gasteiger partial charge in [-0.3, -0.25) is 5.41 Å². The van der Waals surface area contributed by atoms with Crippen molar-refractivity contribution in [2.24, 2.45) is 0 Å². The van der Waals surface area contributed by atoms with E-state index in [0.29, 0.717) is 5.96 Å². The van der Waals surface area contributed by atoms with Crippen LogP contribution in [0.25, 0.3) is 0 Å². The molecule has 0 spiro atoms. The number of likely N-dealkylation sites (N-methyl/N-ethyl adjacent to an activating group) is 1. The van der Waals surface area contributed by atoms with Crippen LogP contribution in [0.2, 0.25) is 0 Å². The molecular weight excluding hydrogens is 210 g/mol. The van der Waals surface area contributed by atoms with Crippen LogP contribution in [0.4, 0.5) is 0 Å². The molecule has 0 saturated carbocycles. The Morgan fingerprint density at radius 1 is 1.18 bits per heavy atom. The van der Waals surface area contributed by atoms with Gasteiger partial charge in [-0.05, 0) is 19.3 Å². The molecule has 1 aliphatic heterocycles. The molecule has 1 saturated heterocycles. The molecule has 1 N–H and O–H groups in total. The summed E-state index contributed by atoms with van der Waals surface area (Å²) < 4.78 is 0. The van der Waals surface area contributed by atoms with Crippen LogP contribution in [-0.2, 0) is 0 Å². The van der Waals surface area contributed by atoms with Crippen molar-refractivity contribution in [3.63, 3.8) is 0 Å². The van der Waals surface area contributed by atoms with E-state index in [2.05, 4.69) is 36.1 Å². The maximum Gasteiger partial charge on any atom is 0.193 e. The number of rotatable bonds is 7. The van der Waals surface area contributed by atoms with Crippen molar-refractivity contribution < 1.29 is 0 Å². The summed E-state index contributed by atoms with van der Waals surface area (Å²) in [6.45, 7) is 5.20. The molecule has 0 atom stereocenters. The summed E-state index contributed by atoms with van der Waals surface area (Å²) in [5.74, 6) is 0.678. The first kappa shape index (κ1) is 13.8. The second-order valence-electron chi connectivity index (χ2n) is 4.52. The van der Waals surface area contributed by atoms with E-state index in [1.807, 2.05) is 11.9 Å². The number of guanidine groups is 1. The number of hydrogen-bond acceptors (Lipinski definition) is 1. The molecule has 3 heteroatoms. The van der Waals surface area contributed by atoms with Gasteiger partial charge in [-0.2, -0.15) is 0 Å². The fourth-order valence-corrected chi connectivity index (χ4v) is 1.86. The van der Waals surface area contributed by atoms with Crippen molar-refractivity contribution in [3.8, 4) is 0 Å². The molecule has 0 aromatic carbocycles. The van der Waals surface area contributed by atoms with Gasteiger partial charge in [0.15, 0.2) is 5.96 Å². The quantitative estimate of drug-likeness (QED) is 0.543. The van der Waals surface area contributed by atoms with Gasteiger partial charge >= 0.3 is 0 Å². The van der Waals surface area contributed by atoms with E-state index in [1.165, 1.54) is 12.8 Å². The number of nitrogens with one attached hydrogen (secondary N) is 1. The zero-order valence-electron chi connectivity index (χ0n) is 11.2. The van der Waals surface area contributed by atoms with Crippen LogP contribution in [0.5, 0.6) is 0 Å². The van der Waals surface area contributed by atoms with Crippen molar-refractivity contribution in [2.45, 2.75) is 32.6 Å². The minimum absolute atomic E-state index is 0.678. The zero-order valence-corrected chi connectivity index (χ0v) is 11.2. The summed E-state index contributed by atoms with van der Waals surface area (Å²) in [5, 5.41) is 7.83. The van der Waals surface area contributed by atoms with Gasteiger partial charge in [0.2, 0.25) is 0 Å². The lowest BCUT2D eigenvalue weighted by Crippen LogP contribution is -2.30. The molecule has 0 aliphatic carbocycles. The van der Waals surface area contributed by atoms with Gasteiger partial charge in [0.05, 0.1) is 0 Å². The Kier molecular flexibility index (Phi) is 6.45. The van der Waals surface area contributed by atoms with Gasteiger partial charge in [-0.15, -0.1) is 0 Å². The third kappa shape index (κ3) is 5.07. The second-order valence-corrected chi connectivity index (χ2v) is 4.52. The largest absolute Gasteiger partial charge is 0.344 e. The van der Waals surface area contributed by atoms with E-state index in [0.717, 1.165) is 32.5 Å². The van der Waals surface area contributed by atoms with Gasteiger partial charge in [-0.1, -0.05) is 37.6 Å². The molecule has 0 bridgehead atoms. The van der Waals surface area contributed by atoms with E-state index in [-0.39, 0.29) is 0 Å². The molecule has 0 aromatic rings. The highest BCUT2D eigenvalue weighted by molar-refractivity contribution is 5.78. The molecule has 0 radical (unpaired) electrons.